The Labute approximate surface area is 183 Å². The van der Waals surface area contributed by atoms with Crippen LogP contribution in [-0.4, -0.2) is 35.4 Å². The van der Waals surface area contributed by atoms with E-state index in [4.69, 9.17) is 21.7 Å². The number of aryl methyl sites for hydroxylation is 2. The number of carbonyl (C=O) groups excluding carboxylic acids is 1. The minimum atomic E-state index is -0.0740. The van der Waals surface area contributed by atoms with Crippen LogP contribution in [0.15, 0.2) is 45.8 Å². The molecule has 0 aromatic heterocycles. The Kier molecular flexibility index (Phi) is 6.80. The SMILES string of the molecule is Cc1cccc(C)c1OCCOc1ccc(C=C2SC(=S)N(C)C2=O)cc1Br. The first-order chi connectivity index (χ1) is 13.4. The van der Waals surface area contributed by atoms with Crippen LogP contribution in [0.4, 0.5) is 0 Å². The van der Waals surface area contributed by atoms with Gasteiger partial charge in [0.2, 0.25) is 0 Å². The molecule has 0 unspecified atom stereocenters. The standard InChI is InChI=1S/C21H20BrNO3S2/c1-13-5-4-6-14(2)19(13)26-10-9-25-17-8-7-15(11-16(17)22)12-18-20(24)23(3)21(27)28-18/h4-8,11-12H,9-10H2,1-3H3. The normalized spacial score (nSPS) is 15.4. The summed E-state index contributed by atoms with van der Waals surface area (Å²) >= 11 is 10.00. The molecule has 3 rings (SSSR count). The van der Waals surface area contributed by atoms with E-state index in [-0.39, 0.29) is 5.91 Å². The number of carbonyl (C=O) groups is 1. The third kappa shape index (κ3) is 4.77. The first-order valence-corrected chi connectivity index (χ1v) is 10.7. The van der Waals surface area contributed by atoms with Gasteiger partial charge >= 0.3 is 0 Å². The van der Waals surface area contributed by atoms with E-state index >= 15 is 0 Å². The molecule has 0 N–H and O–H groups in total. The first-order valence-electron chi connectivity index (χ1n) is 8.69. The minimum absolute atomic E-state index is 0.0740. The molecule has 1 fully saturated rings. The number of ether oxygens (including phenoxy) is 2. The molecule has 0 spiro atoms. The van der Waals surface area contributed by atoms with E-state index in [0.717, 1.165) is 32.7 Å². The van der Waals surface area contributed by atoms with E-state index in [1.54, 1.807) is 7.05 Å². The Morgan fingerprint density at radius 2 is 1.82 bits per heavy atom. The van der Waals surface area contributed by atoms with Gasteiger partial charge in [-0.15, -0.1) is 0 Å². The number of para-hydroxylation sites is 1. The highest BCUT2D eigenvalue weighted by Crippen LogP contribution is 2.33. The van der Waals surface area contributed by atoms with Gasteiger partial charge in [0.25, 0.3) is 5.91 Å². The second kappa shape index (κ2) is 9.11. The van der Waals surface area contributed by atoms with E-state index in [9.17, 15) is 4.79 Å². The molecule has 4 nitrogen and oxygen atoms in total. The molecule has 0 aliphatic carbocycles. The Balaban J connectivity index is 1.59. The molecule has 146 valence electrons. The van der Waals surface area contributed by atoms with Crippen molar-refractivity contribution in [3.8, 4) is 11.5 Å². The summed E-state index contributed by atoms with van der Waals surface area (Å²) in [5, 5.41) is 0. The van der Waals surface area contributed by atoms with Crippen LogP contribution in [0.2, 0.25) is 0 Å². The van der Waals surface area contributed by atoms with Crippen LogP contribution in [0, 0.1) is 13.8 Å². The quantitative estimate of drug-likeness (QED) is 0.318. The minimum Gasteiger partial charge on any atom is -0.489 e. The molecular weight excluding hydrogens is 458 g/mol. The highest BCUT2D eigenvalue weighted by atomic mass is 79.9. The first kappa shape index (κ1) is 20.9. The molecule has 0 atom stereocenters. The predicted octanol–water partition coefficient (Wildman–Crippen LogP) is 5.35. The predicted molar refractivity (Wildman–Crippen MR) is 122 cm³/mol. The molecule has 2 aromatic rings. The topological polar surface area (TPSA) is 38.8 Å². The fourth-order valence-electron chi connectivity index (χ4n) is 2.74. The zero-order valence-electron chi connectivity index (χ0n) is 15.8. The average molecular weight is 478 g/mol. The molecule has 1 aliphatic rings. The van der Waals surface area contributed by atoms with Crippen LogP contribution in [0.1, 0.15) is 16.7 Å². The van der Waals surface area contributed by atoms with Crippen LogP contribution in [0.5, 0.6) is 11.5 Å². The van der Waals surface area contributed by atoms with E-state index in [1.807, 2.05) is 56.3 Å². The maximum absolute atomic E-state index is 12.1. The highest BCUT2D eigenvalue weighted by molar-refractivity contribution is 9.10. The molecule has 1 heterocycles. The van der Waals surface area contributed by atoms with E-state index < -0.39 is 0 Å². The molecule has 0 bridgehead atoms. The van der Waals surface area contributed by atoms with Gasteiger partial charge in [0.1, 0.15) is 29.0 Å². The fraction of sp³-hybridized carbons (Fsp3) is 0.238. The number of hydrogen-bond acceptors (Lipinski definition) is 5. The zero-order valence-corrected chi connectivity index (χ0v) is 19.0. The van der Waals surface area contributed by atoms with Crippen molar-refractivity contribution in [1.29, 1.82) is 0 Å². The van der Waals surface area contributed by atoms with Crippen molar-refractivity contribution in [3.05, 3.63) is 62.5 Å². The number of hydrogen-bond donors (Lipinski definition) is 0. The summed E-state index contributed by atoms with van der Waals surface area (Å²) in [7, 11) is 1.69. The number of amides is 1. The van der Waals surface area contributed by atoms with Crippen molar-refractivity contribution >= 4 is 56.2 Å². The molecule has 1 amide bonds. The largest absolute Gasteiger partial charge is 0.489 e. The molecule has 7 heteroatoms. The Morgan fingerprint density at radius 1 is 1.14 bits per heavy atom. The van der Waals surface area contributed by atoms with Gasteiger partial charge in [0.05, 0.1) is 9.38 Å². The zero-order chi connectivity index (χ0) is 20.3. The summed E-state index contributed by atoms with van der Waals surface area (Å²) in [5.41, 5.74) is 3.13. The van der Waals surface area contributed by atoms with Crippen LogP contribution in [-0.2, 0) is 4.79 Å². The van der Waals surface area contributed by atoms with Gasteiger partial charge in [-0.05, 0) is 64.7 Å². The summed E-state index contributed by atoms with van der Waals surface area (Å²) in [6, 6.07) is 11.8. The summed E-state index contributed by atoms with van der Waals surface area (Å²) in [4.78, 5) is 14.2. The van der Waals surface area contributed by atoms with Crippen LogP contribution < -0.4 is 9.47 Å². The number of rotatable bonds is 6. The fourth-order valence-corrected chi connectivity index (χ4v) is 4.43. The molecule has 1 aliphatic heterocycles. The Bertz CT molecular complexity index is 938. The van der Waals surface area contributed by atoms with Gasteiger partial charge in [-0.3, -0.25) is 9.69 Å². The molecule has 2 aromatic carbocycles. The Morgan fingerprint density at radius 3 is 2.43 bits per heavy atom. The van der Waals surface area contributed by atoms with E-state index in [2.05, 4.69) is 15.9 Å². The van der Waals surface area contributed by atoms with E-state index in [0.29, 0.717) is 22.4 Å². The van der Waals surface area contributed by atoms with Gasteiger partial charge < -0.3 is 9.47 Å². The lowest BCUT2D eigenvalue weighted by molar-refractivity contribution is -0.121. The lowest BCUT2D eigenvalue weighted by Crippen LogP contribution is -2.22. The third-order valence-electron chi connectivity index (χ3n) is 4.24. The van der Waals surface area contributed by atoms with Crippen LogP contribution in [0.25, 0.3) is 6.08 Å². The van der Waals surface area contributed by atoms with E-state index in [1.165, 1.54) is 16.7 Å². The molecule has 1 saturated heterocycles. The lowest BCUT2D eigenvalue weighted by Gasteiger charge is -2.13. The second-order valence-electron chi connectivity index (χ2n) is 6.35. The summed E-state index contributed by atoms with van der Waals surface area (Å²) in [6.07, 6.45) is 1.83. The number of thiocarbonyl (C=S) groups is 1. The molecular formula is C21H20BrNO3S2. The lowest BCUT2D eigenvalue weighted by atomic mass is 10.1. The molecule has 0 saturated carbocycles. The monoisotopic (exact) mass is 477 g/mol. The number of benzene rings is 2. The summed E-state index contributed by atoms with van der Waals surface area (Å²) in [6.45, 7) is 4.95. The van der Waals surface area contributed by atoms with Crippen LogP contribution in [0.3, 0.4) is 0 Å². The van der Waals surface area contributed by atoms with Crippen molar-refractivity contribution in [3.63, 3.8) is 0 Å². The van der Waals surface area contributed by atoms with Gasteiger partial charge in [0, 0.05) is 7.05 Å². The van der Waals surface area contributed by atoms with Crippen molar-refractivity contribution in [2.45, 2.75) is 13.8 Å². The second-order valence-corrected chi connectivity index (χ2v) is 8.88. The molecule has 0 radical (unpaired) electrons. The van der Waals surface area contributed by atoms with Crippen molar-refractivity contribution in [2.75, 3.05) is 20.3 Å². The van der Waals surface area contributed by atoms with Gasteiger partial charge in [0.15, 0.2) is 0 Å². The number of nitrogens with zero attached hydrogens (tertiary/aromatic N) is 1. The Hall–Kier alpha value is -1.83. The summed E-state index contributed by atoms with van der Waals surface area (Å²) in [5.74, 6) is 1.56. The third-order valence-corrected chi connectivity index (χ3v) is 6.34. The van der Waals surface area contributed by atoms with Crippen molar-refractivity contribution in [2.24, 2.45) is 0 Å². The maximum atomic E-state index is 12.1. The van der Waals surface area contributed by atoms with Gasteiger partial charge in [-0.2, -0.15) is 0 Å². The summed E-state index contributed by atoms with van der Waals surface area (Å²) < 4.78 is 13.1. The van der Waals surface area contributed by atoms with Crippen molar-refractivity contribution in [1.82, 2.24) is 4.90 Å². The van der Waals surface area contributed by atoms with Crippen molar-refractivity contribution < 1.29 is 14.3 Å². The van der Waals surface area contributed by atoms with Gasteiger partial charge in [-0.25, -0.2) is 0 Å². The highest BCUT2D eigenvalue weighted by Gasteiger charge is 2.28. The molecule has 28 heavy (non-hydrogen) atoms. The number of likely N-dealkylation sites (N-methyl/N-ethyl adjacent to an activating group) is 1. The average Bonchev–Trinajstić information content (AvgIpc) is 2.89. The van der Waals surface area contributed by atoms with Crippen LogP contribution >= 0.6 is 39.9 Å². The number of thioether (sulfide) groups is 1. The maximum Gasteiger partial charge on any atom is 0.265 e. The number of halogens is 1. The smallest absolute Gasteiger partial charge is 0.265 e. The van der Waals surface area contributed by atoms with Gasteiger partial charge in [-0.1, -0.05) is 48.2 Å².